The molecule has 1 aromatic carbocycles. The standard InChI is InChI=1S/C20H28O6/c1-13-7-6-10-17(26-14(2)21)9-5-3-4-8-15-11-16(22)12-18(23)19(15)20(24)25-13/h11-13,17,22-23H,3-10H2,1-2H3/t13-,17+/m0/s1. The van der Waals surface area contributed by atoms with Crippen molar-refractivity contribution >= 4 is 11.9 Å². The van der Waals surface area contributed by atoms with Gasteiger partial charge in [-0.05, 0) is 63.5 Å². The SMILES string of the molecule is CC(=O)O[C@@H]1CCCCCc2cc(O)cc(O)c2C(=O)O[C@@H](C)CCC1. The molecule has 2 rings (SSSR count). The van der Waals surface area contributed by atoms with E-state index in [2.05, 4.69) is 0 Å². The van der Waals surface area contributed by atoms with Gasteiger partial charge in [0.1, 0.15) is 23.2 Å². The van der Waals surface area contributed by atoms with Crippen molar-refractivity contribution in [1.82, 2.24) is 0 Å². The average molecular weight is 364 g/mol. The smallest absolute Gasteiger partial charge is 0.342 e. The lowest BCUT2D eigenvalue weighted by molar-refractivity contribution is -0.147. The highest BCUT2D eigenvalue weighted by molar-refractivity contribution is 5.94. The van der Waals surface area contributed by atoms with E-state index in [1.54, 1.807) is 0 Å². The Morgan fingerprint density at radius 2 is 1.85 bits per heavy atom. The predicted octanol–water partition coefficient (Wildman–Crippen LogP) is 3.86. The zero-order chi connectivity index (χ0) is 19.1. The van der Waals surface area contributed by atoms with Crippen LogP contribution in [0.4, 0.5) is 0 Å². The number of hydrogen-bond acceptors (Lipinski definition) is 6. The molecule has 0 radical (unpaired) electrons. The first kappa shape index (κ1) is 20.1. The highest BCUT2D eigenvalue weighted by Gasteiger charge is 2.22. The van der Waals surface area contributed by atoms with Gasteiger partial charge < -0.3 is 19.7 Å². The van der Waals surface area contributed by atoms with E-state index >= 15 is 0 Å². The van der Waals surface area contributed by atoms with Crippen LogP contribution in [0.2, 0.25) is 0 Å². The number of benzene rings is 1. The first-order valence-corrected chi connectivity index (χ1v) is 9.30. The van der Waals surface area contributed by atoms with Crippen LogP contribution >= 0.6 is 0 Å². The fourth-order valence-electron chi connectivity index (χ4n) is 3.40. The summed E-state index contributed by atoms with van der Waals surface area (Å²) in [6, 6.07) is 2.67. The second-order valence-electron chi connectivity index (χ2n) is 6.98. The van der Waals surface area contributed by atoms with E-state index in [9.17, 15) is 19.8 Å². The Morgan fingerprint density at radius 3 is 2.58 bits per heavy atom. The summed E-state index contributed by atoms with van der Waals surface area (Å²) >= 11 is 0. The van der Waals surface area contributed by atoms with Crippen LogP contribution in [0.15, 0.2) is 12.1 Å². The van der Waals surface area contributed by atoms with Gasteiger partial charge in [-0.2, -0.15) is 0 Å². The minimum atomic E-state index is -0.571. The molecule has 26 heavy (non-hydrogen) atoms. The van der Waals surface area contributed by atoms with Crippen LogP contribution in [0.3, 0.4) is 0 Å². The van der Waals surface area contributed by atoms with Crippen molar-refractivity contribution in [2.75, 3.05) is 0 Å². The van der Waals surface area contributed by atoms with Crippen molar-refractivity contribution in [2.24, 2.45) is 0 Å². The predicted molar refractivity (Wildman–Crippen MR) is 96.2 cm³/mol. The number of carbonyl (C=O) groups excluding carboxylic acids is 2. The maximum atomic E-state index is 12.5. The summed E-state index contributed by atoms with van der Waals surface area (Å²) in [5.74, 6) is -1.16. The van der Waals surface area contributed by atoms with Gasteiger partial charge in [0, 0.05) is 13.0 Å². The minimum Gasteiger partial charge on any atom is -0.508 e. The number of phenolic OH excluding ortho intramolecular Hbond substituents is 2. The molecular weight excluding hydrogens is 336 g/mol. The highest BCUT2D eigenvalue weighted by atomic mass is 16.5. The Kier molecular flexibility index (Phi) is 7.30. The Bertz CT molecular complexity index is 639. The van der Waals surface area contributed by atoms with E-state index in [0.29, 0.717) is 18.4 Å². The normalized spacial score (nSPS) is 22.6. The Labute approximate surface area is 154 Å². The van der Waals surface area contributed by atoms with Gasteiger partial charge in [-0.25, -0.2) is 4.79 Å². The number of cyclic esters (lactones) is 1. The summed E-state index contributed by atoms with van der Waals surface area (Å²) in [5, 5.41) is 19.8. The maximum absolute atomic E-state index is 12.5. The molecule has 0 aromatic heterocycles. The first-order valence-electron chi connectivity index (χ1n) is 9.30. The Hall–Kier alpha value is -2.24. The van der Waals surface area contributed by atoms with Crippen LogP contribution in [0, 0.1) is 0 Å². The van der Waals surface area contributed by atoms with Gasteiger partial charge in [0.15, 0.2) is 0 Å². The Balaban J connectivity index is 2.16. The summed E-state index contributed by atoms with van der Waals surface area (Å²) in [5.41, 5.74) is 0.734. The molecule has 1 aliphatic rings. The molecule has 0 unspecified atom stereocenters. The van der Waals surface area contributed by atoms with E-state index in [0.717, 1.165) is 44.6 Å². The number of fused-ring (bicyclic) bond motifs is 1. The Morgan fingerprint density at radius 1 is 1.12 bits per heavy atom. The summed E-state index contributed by atoms with van der Waals surface area (Å²) in [7, 11) is 0. The second-order valence-corrected chi connectivity index (χ2v) is 6.98. The number of rotatable bonds is 1. The molecule has 1 aromatic rings. The molecule has 0 bridgehead atoms. The third-order valence-corrected chi connectivity index (χ3v) is 4.64. The number of aromatic hydroxyl groups is 2. The first-order chi connectivity index (χ1) is 12.4. The lowest BCUT2D eigenvalue weighted by Gasteiger charge is -2.20. The number of carbonyl (C=O) groups is 2. The fourth-order valence-corrected chi connectivity index (χ4v) is 3.40. The van der Waals surface area contributed by atoms with Crippen molar-refractivity contribution in [3.63, 3.8) is 0 Å². The van der Waals surface area contributed by atoms with Gasteiger partial charge in [0.2, 0.25) is 0 Å². The summed E-state index contributed by atoms with van der Waals surface area (Å²) in [6.45, 7) is 3.23. The molecule has 6 heteroatoms. The molecule has 0 fully saturated rings. The number of esters is 2. The van der Waals surface area contributed by atoms with Crippen LogP contribution in [0.25, 0.3) is 0 Å². The molecule has 0 aliphatic carbocycles. The van der Waals surface area contributed by atoms with Gasteiger partial charge in [-0.1, -0.05) is 6.42 Å². The fraction of sp³-hybridized carbons (Fsp3) is 0.600. The monoisotopic (exact) mass is 364 g/mol. The second kappa shape index (κ2) is 9.46. The average Bonchev–Trinajstić information content (AvgIpc) is 2.52. The minimum absolute atomic E-state index is 0.0712. The molecule has 0 saturated carbocycles. The summed E-state index contributed by atoms with van der Waals surface area (Å²) < 4.78 is 10.9. The topological polar surface area (TPSA) is 93.1 Å². The molecule has 2 atom stereocenters. The van der Waals surface area contributed by atoms with Gasteiger partial charge in [0.25, 0.3) is 0 Å². The van der Waals surface area contributed by atoms with Crippen molar-refractivity contribution in [1.29, 1.82) is 0 Å². The lowest BCUT2D eigenvalue weighted by Crippen LogP contribution is -2.20. The number of ether oxygens (including phenoxy) is 2. The van der Waals surface area contributed by atoms with E-state index in [1.807, 2.05) is 6.92 Å². The zero-order valence-corrected chi connectivity index (χ0v) is 15.5. The molecule has 1 aliphatic heterocycles. The van der Waals surface area contributed by atoms with E-state index in [1.165, 1.54) is 13.0 Å². The highest BCUT2D eigenvalue weighted by Crippen LogP contribution is 2.30. The number of phenols is 2. The molecule has 0 spiro atoms. The van der Waals surface area contributed by atoms with Crippen LogP contribution in [-0.4, -0.2) is 34.4 Å². The molecule has 0 saturated heterocycles. The van der Waals surface area contributed by atoms with Crippen molar-refractivity contribution in [3.8, 4) is 11.5 Å². The van der Waals surface area contributed by atoms with E-state index < -0.39 is 5.97 Å². The van der Waals surface area contributed by atoms with Gasteiger partial charge >= 0.3 is 11.9 Å². The van der Waals surface area contributed by atoms with E-state index in [-0.39, 0.29) is 35.2 Å². The molecular formula is C20H28O6. The summed E-state index contributed by atoms with van der Waals surface area (Å²) in [6.07, 6.45) is 5.74. The molecule has 6 nitrogen and oxygen atoms in total. The maximum Gasteiger partial charge on any atom is 0.342 e. The lowest BCUT2D eigenvalue weighted by atomic mass is 9.97. The number of hydrogen-bond donors (Lipinski definition) is 2. The zero-order valence-electron chi connectivity index (χ0n) is 15.5. The van der Waals surface area contributed by atoms with E-state index in [4.69, 9.17) is 9.47 Å². The molecule has 0 amide bonds. The summed E-state index contributed by atoms with van der Waals surface area (Å²) in [4.78, 5) is 23.8. The van der Waals surface area contributed by atoms with Crippen LogP contribution < -0.4 is 0 Å². The number of aryl methyl sites for hydroxylation is 1. The van der Waals surface area contributed by atoms with Crippen molar-refractivity contribution in [3.05, 3.63) is 23.3 Å². The molecule has 144 valence electrons. The largest absolute Gasteiger partial charge is 0.508 e. The van der Waals surface area contributed by atoms with Crippen molar-refractivity contribution in [2.45, 2.75) is 77.4 Å². The van der Waals surface area contributed by atoms with Crippen molar-refractivity contribution < 1.29 is 29.3 Å². The van der Waals surface area contributed by atoms with Gasteiger partial charge in [-0.3, -0.25) is 4.79 Å². The van der Waals surface area contributed by atoms with Gasteiger partial charge in [-0.15, -0.1) is 0 Å². The third kappa shape index (κ3) is 5.93. The quantitative estimate of drug-likeness (QED) is 0.735. The van der Waals surface area contributed by atoms with Gasteiger partial charge in [0.05, 0.1) is 6.10 Å². The van der Waals surface area contributed by atoms with Crippen LogP contribution in [0.5, 0.6) is 11.5 Å². The molecule has 1 heterocycles. The molecule has 2 N–H and O–H groups in total. The third-order valence-electron chi connectivity index (χ3n) is 4.64. The van der Waals surface area contributed by atoms with Crippen LogP contribution in [-0.2, 0) is 20.7 Å². The van der Waals surface area contributed by atoms with Crippen LogP contribution in [0.1, 0.15) is 74.7 Å².